The summed E-state index contributed by atoms with van der Waals surface area (Å²) in [4.78, 5) is 21.9. The molecule has 1 N–H and O–H groups in total. The summed E-state index contributed by atoms with van der Waals surface area (Å²) in [6.45, 7) is 2.38. The summed E-state index contributed by atoms with van der Waals surface area (Å²) in [5, 5.41) is 2.72. The van der Waals surface area contributed by atoms with Crippen LogP contribution >= 0.6 is 0 Å². The zero-order valence-corrected chi connectivity index (χ0v) is 11.2. The highest BCUT2D eigenvalue weighted by Gasteiger charge is 2.37. The van der Waals surface area contributed by atoms with Crippen LogP contribution in [0.5, 0.6) is 0 Å². The quantitative estimate of drug-likeness (QED) is 0.843. The third-order valence-electron chi connectivity index (χ3n) is 3.66. The average molecular weight is 282 g/mol. The molecule has 1 saturated heterocycles. The minimum Gasteiger partial charge on any atom is -0.350 e. The number of halogens is 2. The van der Waals surface area contributed by atoms with Crippen molar-refractivity contribution in [2.24, 2.45) is 0 Å². The van der Waals surface area contributed by atoms with Crippen LogP contribution in [0.2, 0.25) is 0 Å². The van der Waals surface area contributed by atoms with E-state index in [1.54, 1.807) is 11.8 Å². The van der Waals surface area contributed by atoms with Gasteiger partial charge in [-0.3, -0.25) is 4.79 Å². The largest absolute Gasteiger partial charge is 0.350 e. The summed E-state index contributed by atoms with van der Waals surface area (Å²) < 4.78 is 27.2. The molecule has 3 heterocycles. The Balaban J connectivity index is 2.03. The van der Waals surface area contributed by atoms with E-state index in [2.05, 4.69) is 15.3 Å². The van der Waals surface area contributed by atoms with E-state index in [4.69, 9.17) is 0 Å². The fraction of sp³-hybridized carbons (Fsp3) is 0.615. The molecule has 1 aromatic heterocycles. The van der Waals surface area contributed by atoms with Crippen LogP contribution in [-0.4, -0.2) is 41.4 Å². The van der Waals surface area contributed by atoms with E-state index in [9.17, 15) is 13.6 Å². The number of hydrogen-bond acceptors (Lipinski definition) is 4. The molecule has 1 aromatic rings. The van der Waals surface area contributed by atoms with Crippen LogP contribution in [0.4, 0.5) is 14.6 Å². The Hall–Kier alpha value is -1.79. The molecule has 7 heteroatoms. The minimum atomic E-state index is -2.69. The first-order chi connectivity index (χ1) is 9.46. The van der Waals surface area contributed by atoms with Crippen LogP contribution in [0.1, 0.15) is 34.7 Å². The van der Waals surface area contributed by atoms with E-state index in [1.807, 2.05) is 0 Å². The molecule has 0 unspecified atom stereocenters. The van der Waals surface area contributed by atoms with Crippen LogP contribution < -0.4 is 10.2 Å². The number of amides is 1. The smallest absolute Gasteiger partial charge is 0.270 e. The number of nitrogens with zero attached hydrogens (tertiary/aromatic N) is 3. The van der Waals surface area contributed by atoms with Crippen LogP contribution in [0.15, 0.2) is 0 Å². The molecule has 0 atom stereocenters. The molecule has 0 aliphatic carbocycles. The van der Waals surface area contributed by atoms with Gasteiger partial charge in [0, 0.05) is 25.1 Å². The fourth-order valence-corrected chi connectivity index (χ4v) is 2.79. The highest BCUT2D eigenvalue weighted by atomic mass is 19.3. The van der Waals surface area contributed by atoms with Gasteiger partial charge in [0.15, 0.2) is 0 Å². The molecule has 5 nitrogen and oxygen atoms in total. The zero-order chi connectivity index (χ0) is 14.3. The molecule has 0 saturated carbocycles. The second-order valence-corrected chi connectivity index (χ2v) is 5.31. The number of fused-ring (bicyclic) bond motifs is 1. The molecule has 2 aliphatic rings. The molecular formula is C13H16F2N4O. The van der Waals surface area contributed by atoms with Gasteiger partial charge >= 0.3 is 0 Å². The lowest BCUT2D eigenvalue weighted by molar-refractivity contribution is -0.0119. The van der Waals surface area contributed by atoms with Crippen LogP contribution in [0.3, 0.4) is 0 Å². The summed E-state index contributed by atoms with van der Waals surface area (Å²) in [6.07, 6.45) is 0.923. The van der Waals surface area contributed by atoms with E-state index in [1.165, 1.54) is 0 Å². The summed E-state index contributed by atoms with van der Waals surface area (Å²) in [7, 11) is 0. The molecule has 0 radical (unpaired) electrons. The lowest BCUT2D eigenvalue weighted by Crippen LogP contribution is -2.44. The first-order valence-corrected chi connectivity index (χ1v) is 6.75. The van der Waals surface area contributed by atoms with Crippen molar-refractivity contribution in [1.29, 1.82) is 0 Å². The standard InChI is InChI=1S/C13H16F2N4O/c1-8-17-10-9(3-5-16-12(10)20)11(18-8)19-6-2-4-13(14,15)7-19/h2-7H2,1H3,(H,16,20). The Morgan fingerprint density at radius 1 is 1.35 bits per heavy atom. The lowest BCUT2D eigenvalue weighted by Gasteiger charge is -2.35. The van der Waals surface area contributed by atoms with Gasteiger partial charge in [-0.2, -0.15) is 0 Å². The van der Waals surface area contributed by atoms with Crippen molar-refractivity contribution in [3.05, 3.63) is 17.1 Å². The Labute approximate surface area is 115 Å². The van der Waals surface area contributed by atoms with Gasteiger partial charge in [0.25, 0.3) is 11.8 Å². The van der Waals surface area contributed by atoms with Crippen LogP contribution in [-0.2, 0) is 6.42 Å². The number of carbonyl (C=O) groups excluding carboxylic acids is 1. The number of anilines is 1. The van der Waals surface area contributed by atoms with Crippen molar-refractivity contribution in [2.45, 2.75) is 32.1 Å². The maximum Gasteiger partial charge on any atom is 0.270 e. The molecule has 20 heavy (non-hydrogen) atoms. The van der Waals surface area contributed by atoms with Gasteiger partial charge in [-0.1, -0.05) is 0 Å². The second kappa shape index (κ2) is 4.64. The highest BCUT2D eigenvalue weighted by molar-refractivity contribution is 5.96. The topological polar surface area (TPSA) is 58.1 Å². The zero-order valence-electron chi connectivity index (χ0n) is 11.2. The van der Waals surface area contributed by atoms with E-state index >= 15 is 0 Å². The predicted octanol–water partition coefficient (Wildman–Crippen LogP) is 1.31. The number of carbonyl (C=O) groups is 1. The number of rotatable bonds is 1. The summed E-state index contributed by atoms with van der Waals surface area (Å²) in [6, 6.07) is 0. The van der Waals surface area contributed by atoms with Crippen molar-refractivity contribution in [2.75, 3.05) is 24.5 Å². The van der Waals surface area contributed by atoms with E-state index in [-0.39, 0.29) is 18.9 Å². The number of nitrogens with one attached hydrogen (secondary N) is 1. The van der Waals surface area contributed by atoms with Crippen molar-refractivity contribution in [3.8, 4) is 0 Å². The third kappa shape index (κ3) is 2.32. The molecule has 0 aromatic carbocycles. The van der Waals surface area contributed by atoms with Gasteiger partial charge in [0.1, 0.15) is 17.3 Å². The van der Waals surface area contributed by atoms with Gasteiger partial charge in [0.05, 0.1) is 6.54 Å². The monoisotopic (exact) mass is 282 g/mol. The number of alkyl halides is 2. The fourth-order valence-electron chi connectivity index (χ4n) is 2.79. The van der Waals surface area contributed by atoms with E-state index in [0.717, 1.165) is 0 Å². The predicted molar refractivity (Wildman–Crippen MR) is 69.2 cm³/mol. The Morgan fingerprint density at radius 2 is 2.15 bits per heavy atom. The van der Waals surface area contributed by atoms with Crippen molar-refractivity contribution >= 4 is 11.7 Å². The lowest BCUT2D eigenvalue weighted by atomic mass is 10.0. The summed E-state index contributed by atoms with van der Waals surface area (Å²) >= 11 is 0. The molecule has 0 bridgehead atoms. The Morgan fingerprint density at radius 3 is 2.90 bits per heavy atom. The van der Waals surface area contributed by atoms with Gasteiger partial charge in [0.2, 0.25) is 0 Å². The number of aromatic nitrogens is 2. The van der Waals surface area contributed by atoms with Gasteiger partial charge in [-0.25, -0.2) is 18.7 Å². The second-order valence-electron chi connectivity index (χ2n) is 5.31. The molecular weight excluding hydrogens is 266 g/mol. The normalized spacial score (nSPS) is 21.4. The van der Waals surface area contributed by atoms with Gasteiger partial charge in [-0.05, 0) is 19.8 Å². The van der Waals surface area contributed by atoms with E-state index in [0.29, 0.717) is 48.8 Å². The number of aryl methyl sites for hydroxylation is 1. The average Bonchev–Trinajstić information content (AvgIpc) is 2.38. The third-order valence-corrected chi connectivity index (χ3v) is 3.66. The summed E-state index contributed by atoms with van der Waals surface area (Å²) in [5.41, 5.74) is 1.02. The van der Waals surface area contributed by atoms with Gasteiger partial charge < -0.3 is 10.2 Å². The summed E-state index contributed by atoms with van der Waals surface area (Å²) in [5.74, 6) is -2.01. The first kappa shape index (κ1) is 13.2. The first-order valence-electron chi connectivity index (χ1n) is 6.75. The molecule has 108 valence electrons. The van der Waals surface area contributed by atoms with Gasteiger partial charge in [-0.15, -0.1) is 0 Å². The molecule has 1 amide bonds. The van der Waals surface area contributed by atoms with Crippen LogP contribution in [0, 0.1) is 6.92 Å². The molecule has 0 spiro atoms. The maximum atomic E-state index is 13.6. The SMILES string of the molecule is Cc1nc2c(c(N3CCCC(F)(F)C3)n1)CCNC2=O. The molecule has 2 aliphatic heterocycles. The Kier molecular flexibility index (Phi) is 3.07. The number of piperidine rings is 1. The van der Waals surface area contributed by atoms with E-state index < -0.39 is 5.92 Å². The Bertz CT molecular complexity index is 562. The highest BCUT2D eigenvalue weighted by Crippen LogP contribution is 2.32. The van der Waals surface area contributed by atoms with Crippen molar-refractivity contribution in [3.63, 3.8) is 0 Å². The maximum absolute atomic E-state index is 13.6. The van der Waals surface area contributed by atoms with Crippen molar-refractivity contribution < 1.29 is 13.6 Å². The number of hydrogen-bond donors (Lipinski definition) is 1. The minimum absolute atomic E-state index is 0.0871. The van der Waals surface area contributed by atoms with Crippen LogP contribution in [0.25, 0.3) is 0 Å². The molecule has 1 fully saturated rings. The van der Waals surface area contributed by atoms with Crippen molar-refractivity contribution in [1.82, 2.24) is 15.3 Å². The molecule has 3 rings (SSSR count).